The number of nitrogens with zero attached hydrogens (tertiary/aromatic N) is 2. The lowest BCUT2D eigenvalue weighted by Crippen LogP contribution is -1.98. The predicted octanol–water partition coefficient (Wildman–Crippen LogP) is 3.67. The molecule has 0 aliphatic heterocycles. The molecule has 5 heteroatoms. The van der Waals surface area contributed by atoms with Gasteiger partial charge in [0.2, 0.25) is 0 Å². The first-order chi connectivity index (χ1) is 9.78. The molecule has 1 aromatic heterocycles. The summed E-state index contributed by atoms with van der Waals surface area (Å²) in [6.07, 6.45) is 2.15. The fraction of sp³-hybridized carbons (Fsp3) is 0.333. The van der Waals surface area contributed by atoms with Gasteiger partial charge < -0.3 is 9.47 Å². The van der Waals surface area contributed by atoms with E-state index in [9.17, 15) is 0 Å². The van der Waals surface area contributed by atoms with Crippen LogP contribution >= 0.6 is 11.3 Å². The summed E-state index contributed by atoms with van der Waals surface area (Å²) in [6, 6.07) is 7.92. The number of benzene rings is 1. The minimum Gasteiger partial charge on any atom is -0.490 e. The molecule has 0 saturated carbocycles. The number of hydrogen-bond acceptors (Lipinski definition) is 5. The first kappa shape index (κ1) is 14.4. The van der Waals surface area contributed by atoms with Crippen LogP contribution in [0.5, 0.6) is 11.5 Å². The Kier molecular flexibility index (Phi) is 4.97. The molecule has 1 aromatic carbocycles. The van der Waals surface area contributed by atoms with Gasteiger partial charge >= 0.3 is 0 Å². The van der Waals surface area contributed by atoms with E-state index in [1.54, 1.807) is 6.20 Å². The van der Waals surface area contributed by atoms with E-state index in [0.29, 0.717) is 19.6 Å². The zero-order chi connectivity index (χ0) is 14.4. The van der Waals surface area contributed by atoms with Crippen LogP contribution < -0.4 is 9.47 Å². The molecule has 0 radical (unpaired) electrons. The molecule has 0 spiro atoms. The molecule has 0 fully saturated rings. The van der Waals surface area contributed by atoms with Crippen molar-refractivity contribution in [3.8, 4) is 28.1 Å². The minimum absolute atomic E-state index is 0.396. The van der Waals surface area contributed by atoms with Crippen LogP contribution in [0.15, 0.2) is 24.4 Å². The van der Waals surface area contributed by atoms with Crippen molar-refractivity contribution in [2.75, 3.05) is 13.2 Å². The van der Waals surface area contributed by atoms with E-state index in [4.69, 9.17) is 14.7 Å². The summed E-state index contributed by atoms with van der Waals surface area (Å²) in [5.74, 6) is 1.47. The Bertz CT molecular complexity index is 617. The maximum absolute atomic E-state index is 8.70. The Hall–Kier alpha value is -2.06. The number of thiazole rings is 1. The zero-order valence-corrected chi connectivity index (χ0v) is 12.4. The summed E-state index contributed by atoms with van der Waals surface area (Å²) < 4.78 is 11.1. The second-order valence-corrected chi connectivity index (χ2v) is 5.11. The van der Waals surface area contributed by atoms with Crippen LogP contribution in [0.2, 0.25) is 0 Å². The van der Waals surface area contributed by atoms with Gasteiger partial charge in [0.25, 0.3) is 0 Å². The summed E-state index contributed by atoms with van der Waals surface area (Å²) in [7, 11) is 0. The van der Waals surface area contributed by atoms with Gasteiger partial charge in [-0.15, -0.1) is 11.3 Å². The van der Waals surface area contributed by atoms with E-state index >= 15 is 0 Å². The van der Waals surface area contributed by atoms with Crippen molar-refractivity contribution < 1.29 is 9.47 Å². The average Bonchev–Trinajstić information content (AvgIpc) is 2.90. The molecule has 0 atom stereocenters. The Morgan fingerprint density at radius 2 is 1.95 bits per heavy atom. The van der Waals surface area contributed by atoms with Crippen molar-refractivity contribution in [1.29, 1.82) is 5.26 Å². The Morgan fingerprint density at radius 1 is 1.20 bits per heavy atom. The summed E-state index contributed by atoms with van der Waals surface area (Å²) in [5.41, 5.74) is 0.978. The van der Waals surface area contributed by atoms with E-state index in [-0.39, 0.29) is 0 Å². The van der Waals surface area contributed by atoms with Crippen LogP contribution in [0.1, 0.15) is 18.7 Å². The van der Waals surface area contributed by atoms with E-state index in [2.05, 4.69) is 11.1 Å². The van der Waals surface area contributed by atoms with Crippen LogP contribution in [0, 0.1) is 11.3 Å². The van der Waals surface area contributed by atoms with Crippen molar-refractivity contribution in [1.82, 2.24) is 4.98 Å². The average molecular weight is 288 g/mol. The standard InChI is InChI=1S/C15H16N2O2S/c1-3-18-13-6-5-11(9-14(13)19-4-2)15-17-10-12(20-15)7-8-16/h5-6,9-10H,3-4,7H2,1-2H3. The third kappa shape index (κ3) is 3.28. The number of aromatic nitrogens is 1. The van der Waals surface area contributed by atoms with Crippen LogP contribution in [-0.4, -0.2) is 18.2 Å². The second-order valence-electron chi connectivity index (χ2n) is 3.99. The SMILES string of the molecule is CCOc1ccc(-c2ncc(CC#N)s2)cc1OCC. The third-order valence-corrected chi connectivity index (χ3v) is 3.64. The quantitative estimate of drug-likeness (QED) is 0.813. The molecule has 2 aromatic rings. The maximum atomic E-state index is 8.70. The summed E-state index contributed by atoms with van der Waals surface area (Å²) in [6.45, 7) is 5.07. The lowest BCUT2D eigenvalue weighted by molar-refractivity contribution is 0.288. The van der Waals surface area contributed by atoms with Crippen LogP contribution in [-0.2, 0) is 6.42 Å². The normalized spacial score (nSPS) is 10.1. The topological polar surface area (TPSA) is 55.1 Å². The van der Waals surface area contributed by atoms with Crippen LogP contribution in [0.3, 0.4) is 0 Å². The number of ether oxygens (including phenoxy) is 2. The van der Waals surface area contributed by atoms with Gasteiger partial charge in [-0.05, 0) is 32.0 Å². The largest absolute Gasteiger partial charge is 0.490 e. The molecule has 0 N–H and O–H groups in total. The van der Waals surface area contributed by atoms with E-state index < -0.39 is 0 Å². The van der Waals surface area contributed by atoms with Gasteiger partial charge in [-0.25, -0.2) is 4.98 Å². The Morgan fingerprint density at radius 3 is 2.65 bits per heavy atom. The van der Waals surface area contributed by atoms with Crippen LogP contribution in [0.25, 0.3) is 10.6 Å². The van der Waals surface area contributed by atoms with Gasteiger partial charge in [0.15, 0.2) is 11.5 Å². The molecule has 2 rings (SSSR count). The zero-order valence-electron chi connectivity index (χ0n) is 11.5. The number of nitriles is 1. The Balaban J connectivity index is 2.31. The van der Waals surface area contributed by atoms with Crippen LogP contribution in [0.4, 0.5) is 0 Å². The van der Waals surface area contributed by atoms with Gasteiger partial charge in [0, 0.05) is 16.6 Å². The first-order valence-corrected chi connectivity index (χ1v) is 7.31. The lowest BCUT2D eigenvalue weighted by Gasteiger charge is -2.11. The summed E-state index contributed by atoms with van der Waals surface area (Å²) in [4.78, 5) is 5.32. The molecular weight excluding hydrogens is 272 g/mol. The van der Waals surface area contributed by atoms with Gasteiger partial charge in [-0.3, -0.25) is 0 Å². The van der Waals surface area contributed by atoms with Crippen molar-refractivity contribution in [2.24, 2.45) is 0 Å². The highest BCUT2D eigenvalue weighted by atomic mass is 32.1. The minimum atomic E-state index is 0.396. The lowest BCUT2D eigenvalue weighted by atomic mass is 10.2. The fourth-order valence-electron chi connectivity index (χ4n) is 1.78. The molecule has 0 aliphatic rings. The van der Waals surface area contributed by atoms with E-state index in [1.165, 1.54) is 11.3 Å². The van der Waals surface area contributed by atoms with Crippen molar-refractivity contribution in [2.45, 2.75) is 20.3 Å². The molecule has 20 heavy (non-hydrogen) atoms. The van der Waals surface area contributed by atoms with Crippen molar-refractivity contribution >= 4 is 11.3 Å². The molecule has 104 valence electrons. The van der Waals surface area contributed by atoms with Gasteiger partial charge in [-0.1, -0.05) is 0 Å². The first-order valence-electron chi connectivity index (χ1n) is 6.50. The van der Waals surface area contributed by atoms with Gasteiger partial charge in [0.05, 0.1) is 25.7 Å². The molecule has 4 nitrogen and oxygen atoms in total. The number of rotatable bonds is 6. The second kappa shape index (κ2) is 6.92. The smallest absolute Gasteiger partial charge is 0.161 e. The van der Waals surface area contributed by atoms with E-state index in [1.807, 2.05) is 32.0 Å². The van der Waals surface area contributed by atoms with E-state index in [0.717, 1.165) is 26.9 Å². The predicted molar refractivity (Wildman–Crippen MR) is 79.2 cm³/mol. The molecular formula is C15H16N2O2S. The third-order valence-electron chi connectivity index (χ3n) is 2.60. The number of hydrogen-bond donors (Lipinski definition) is 0. The molecule has 0 amide bonds. The van der Waals surface area contributed by atoms with Gasteiger partial charge in [0.1, 0.15) is 5.01 Å². The highest BCUT2D eigenvalue weighted by molar-refractivity contribution is 7.15. The molecule has 0 unspecified atom stereocenters. The molecule has 1 heterocycles. The maximum Gasteiger partial charge on any atom is 0.161 e. The monoisotopic (exact) mass is 288 g/mol. The van der Waals surface area contributed by atoms with Crippen molar-refractivity contribution in [3.05, 3.63) is 29.3 Å². The highest BCUT2D eigenvalue weighted by Crippen LogP contribution is 2.34. The summed E-state index contributed by atoms with van der Waals surface area (Å²) >= 11 is 1.53. The molecule has 0 bridgehead atoms. The fourth-order valence-corrected chi connectivity index (χ4v) is 2.63. The Labute approximate surface area is 122 Å². The summed E-state index contributed by atoms with van der Waals surface area (Å²) in [5, 5.41) is 9.59. The molecule has 0 saturated heterocycles. The van der Waals surface area contributed by atoms with Crippen molar-refractivity contribution in [3.63, 3.8) is 0 Å². The van der Waals surface area contributed by atoms with Gasteiger partial charge in [-0.2, -0.15) is 5.26 Å². The molecule has 0 aliphatic carbocycles. The highest BCUT2D eigenvalue weighted by Gasteiger charge is 2.10.